The van der Waals surface area contributed by atoms with Crippen molar-refractivity contribution in [2.75, 3.05) is 31.1 Å². The summed E-state index contributed by atoms with van der Waals surface area (Å²) >= 11 is 3.25. The molecular weight excluding hydrogens is 531 g/mol. The number of rotatable bonds is 7. The van der Waals surface area contributed by atoms with Gasteiger partial charge in [0.05, 0.1) is 10.3 Å². The van der Waals surface area contributed by atoms with Crippen molar-refractivity contribution in [2.24, 2.45) is 0 Å². The summed E-state index contributed by atoms with van der Waals surface area (Å²) in [4.78, 5) is 21.4. The fraction of sp³-hybridized carbons (Fsp3) is 0.300. The van der Waals surface area contributed by atoms with Gasteiger partial charge in [-0.15, -0.1) is 12.4 Å². The van der Waals surface area contributed by atoms with Gasteiger partial charge in [-0.25, -0.2) is 13.8 Å². The van der Waals surface area contributed by atoms with Gasteiger partial charge < -0.3 is 4.90 Å². The van der Waals surface area contributed by atoms with E-state index >= 15 is 0 Å². The number of amides is 1. The van der Waals surface area contributed by atoms with Crippen LogP contribution in [0.5, 0.6) is 0 Å². The van der Waals surface area contributed by atoms with Gasteiger partial charge in [0.1, 0.15) is 11.3 Å². The molecule has 0 aliphatic heterocycles. The number of likely N-dealkylation sites (N-methyl/N-ethyl adjacent to an activating group) is 1. The Morgan fingerprint density at radius 1 is 1.14 bits per heavy atom. The smallest absolute Gasteiger partial charge is 0.261 e. The van der Waals surface area contributed by atoms with E-state index in [9.17, 15) is 13.6 Å². The van der Waals surface area contributed by atoms with Crippen molar-refractivity contribution in [1.29, 1.82) is 0 Å². The van der Waals surface area contributed by atoms with E-state index in [2.05, 4.69) is 46.3 Å². The molecule has 0 aliphatic carbocycles. The molecule has 0 unspecified atom stereocenters. The average molecular weight is 552 g/mol. The minimum atomic E-state index is -0.720. The summed E-state index contributed by atoms with van der Waals surface area (Å²) in [5, 5.41) is 0.372. The largest absolute Gasteiger partial charge is 0.302 e. The van der Waals surface area contributed by atoms with Gasteiger partial charge in [-0.3, -0.25) is 9.69 Å². The molecule has 156 valence electrons. The highest BCUT2D eigenvalue weighted by Gasteiger charge is 2.24. The monoisotopic (exact) mass is 551 g/mol. The number of nitrogens with zero attached hydrogens (tertiary/aromatic N) is 3. The molecule has 2 aromatic carbocycles. The molecule has 0 spiro atoms. The fourth-order valence-corrected chi connectivity index (χ4v) is 4.55. The first-order chi connectivity index (χ1) is 13.4. The number of carbonyl (C=O) groups excluding carboxylic acids is 1. The number of hydrogen-bond acceptors (Lipinski definition) is 4. The SMILES string of the molecule is CCN(CC)CCN(C(=O)c1ccccc1I)c1nc2c(F)cc(F)cc2s1.Cl. The lowest BCUT2D eigenvalue weighted by Crippen LogP contribution is -2.39. The van der Waals surface area contributed by atoms with Crippen LogP contribution in [0.2, 0.25) is 0 Å². The molecule has 0 saturated heterocycles. The van der Waals surface area contributed by atoms with Crippen LogP contribution >= 0.6 is 46.3 Å². The van der Waals surface area contributed by atoms with Crippen LogP contribution in [0.25, 0.3) is 10.2 Å². The number of halogens is 4. The van der Waals surface area contributed by atoms with E-state index in [0.29, 0.717) is 28.5 Å². The van der Waals surface area contributed by atoms with E-state index < -0.39 is 11.6 Å². The second-order valence-electron chi connectivity index (χ2n) is 6.19. The quantitative estimate of drug-likeness (QED) is 0.359. The minimum absolute atomic E-state index is 0. The van der Waals surface area contributed by atoms with E-state index in [1.54, 1.807) is 11.0 Å². The first kappa shape index (κ1) is 23.9. The molecule has 3 rings (SSSR count). The summed E-state index contributed by atoms with van der Waals surface area (Å²) in [6.07, 6.45) is 0. The third-order valence-corrected chi connectivity index (χ3v) is 6.48. The molecule has 3 aromatic rings. The molecule has 0 atom stereocenters. The predicted octanol–water partition coefficient (Wildman–Crippen LogP) is 5.59. The Hall–Kier alpha value is -1.36. The highest BCUT2D eigenvalue weighted by atomic mass is 127. The zero-order chi connectivity index (χ0) is 20.3. The Labute approximate surface area is 192 Å². The molecule has 0 fully saturated rings. The van der Waals surface area contributed by atoms with Gasteiger partial charge in [0.2, 0.25) is 0 Å². The molecule has 1 aromatic heterocycles. The van der Waals surface area contributed by atoms with Crippen molar-refractivity contribution in [3.63, 3.8) is 0 Å². The topological polar surface area (TPSA) is 36.4 Å². The first-order valence-electron chi connectivity index (χ1n) is 8.98. The van der Waals surface area contributed by atoms with E-state index in [1.165, 1.54) is 6.07 Å². The van der Waals surface area contributed by atoms with Crippen LogP contribution in [-0.4, -0.2) is 42.0 Å². The van der Waals surface area contributed by atoms with Crippen LogP contribution in [0.4, 0.5) is 13.9 Å². The van der Waals surface area contributed by atoms with Crippen LogP contribution in [0.1, 0.15) is 24.2 Å². The lowest BCUT2D eigenvalue weighted by atomic mass is 10.2. The summed E-state index contributed by atoms with van der Waals surface area (Å²) < 4.78 is 28.9. The van der Waals surface area contributed by atoms with Crippen LogP contribution < -0.4 is 4.90 Å². The van der Waals surface area contributed by atoms with E-state index in [4.69, 9.17) is 0 Å². The maximum absolute atomic E-state index is 14.1. The number of benzene rings is 2. The third-order valence-electron chi connectivity index (χ3n) is 4.52. The van der Waals surface area contributed by atoms with E-state index in [-0.39, 0.29) is 23.8 Å². The van der Waals surface area contributed by atoms with Gasteiger partial charge in [0, 0.05) is 22.7 Å². The van der Waals surface area contributed by atoms with Crippen LogP contribution in [0.15, 0.2) is 36.4 Å². The van der Waals surface area contributed by atoms with Crippen LogP contribution in [0, 0.1) is 15.2 Å². The number of carbonyl (C=O) groups is 1. The molecule has 1 heterocycles. The van der Waals surface area contributed by atoms with Gasteiger partial charge in [-0.05, 0) is 53.9 Å². The number of fused-ring (bicyclic) bond motifs is 1. The number of aromatic nitrogens is 1. The van der Waals surface area contributed by atoms with Crippen LogP contribution in [-0.2, 0) is 0 Å². The summed E-state index contributed by atoms with van der Waals surface area (Å²) in [5.74, 6) is -1.57. The van der Waals surface area contributed by atoms with Crippen molar-refractivity contribution >= 4 is 67.6 Å². The summed E-state index contributed by atoms with van der Waals surface area (Å²) in [7, 11) is 0. The molecule has 0 N–H and O–H groups in total. The Kier molecular flexibility index (Phi) is 8.74. The number of hydrogen-bond donors (Lipinski definition) is 0. The van der Waals surface area contributed by atoms with Gasteiger partial charge in [-0.2, -0.15) is 0 Å². The van der Waals surface area contributed by atoms with Crippen LogP contribution in [0.3, 0.4) is 0 Å². The highest BCUT2D eigenvalue weighted by molar-refractivity contribution is 14.1. The Bertz CT molecular complexity index is 997. The molecule has 0 aliphatic rings. The first-order valence-corrected chi connectivity index (χ1v) is 10.9. The molecular formula is C20H21ClF2IN3OS. The van der Waals surface area contributed by atoms with E-state index in [1.807, 2.05) is 18.2 Å². The Balaban J connectivity index is 0.00000300. The van der Waals surface area contributed by atoms with Crippen molar-refractivity contribution in [2.45, 2.75) is 13.8 Å². The summed E-state index contributed by atoms with van der Waals surface area (Å²) in [6, 6.07) is 9.37. The molecule has 0 saturated carbocycles. The van der Waals surface area contributed by atoms with E-state index in [0.717, 1.165) is 34.1 Å². The summed E-state index contributed by atoms with van der Waals surface area (Å²) in [6.45, 7) is 6.92. The molecule has 4 nitrogen and oxygen atoms in total. The minimum Gasteiger partial charge on any atom is -0.302 e. The van der Waals surface area contributed by atoms with Gasteiger partial charge >= 0.3 is 0 Å². The second-order valence-corrected chi connectivity index (χ2v) is 8.37. The lowest BCUT2D eigenvalue weighted by Gasteiger charge is -2.25. The van der Waals surface area contributed by atoms with Crippen molar-refractivity contribution < 1.29 is 13.6 Å². The Morgan fingerprint density at radius 3 is 2.48 bits per heavy atom. The Morgan fingerprint density at radius 2 is 1.83 bits per heavy atom. The lowest BCUT2D eigenvalue weighted by molar-refractivity contribution is 0.0983. The third kappa shape index (κ3) is 5.42. The van der Waals surface area contributed by atoms with Crippen molar-refractivity contribution in [3.8, 4) is 0 Å². The number of anilines is 1. The molecule has 0 bridgehead atoms. The van der Waals surface area contributed by atoms with Gasteiger partial charge in [0.15, 0.2) is 10.9 Å². The fourth-order valence-electron chi connectivity index (χ4n) is 2.91. The van der Waals surface area contributed by atoms with Gasteiger partial charge in [0.25, 0.3) is 5.91 Å². The summed E-state index contributed by atoms with van der Waals surface area (Å²) in [5.41, 5.74) is 0.651. The highest BCUT2D eigenvalue weighted by Crippen LogP contribution is 2.32. The maximum Gasteiger partial charge on any atom is 0.261 e. The molecule has 1 amide bonds. The second kappa shape index (κ2) is 10.6. The maximum atomic E-state index is 14.1. The predicted molar refractivity (Wildman–Crippen MR) is 125 cm³/mol. The van der Waals surface area contributed by atoms with Crippen molar-refractivity contribution in [1.82, 2.24) is 9.88 Å². The normalized spacial score (nSPS) is 11.0. The molecule has 9 heteroatoms. The van der Waals surface area contributed by atoms with Crippen molar-refractivity contribution in [3.05, 3.63) is 57.2 Å². The number of thiazole rings is 1. The average Bonchev–Trinajstić information content (AvgIpc) is 3.09. The standard InChI is InChI=1S/C20H20F2IN3OS.ClH/c1-3-25(4-2)9-10-26(19(27)14-7-5-6-8-16(14)23)20-24-18-15(22)11-13(21)12-17(18)28-20;/h5-8,11-12H,3-4,9-10H2,1-2H3;1H. The zero-order valence-electron chi connectivity index (χ0n) is 16.0. The zero-order valence-corrected chi connectivity index (χ0v) is 19.8. The van der Waals surface area contributed by atoms with Gasteiger partial charge in [-0.1, -0.05) is 37.3 Å². The molecule has 0 radical (unpaired) electrons. The molecule has 29 heavy (non-hydrogen) atoms.